The van der Waals surface area contributed by atoms with Crippen LogP contribution in [0.25, 0.3) is 11.6 Å². The summed E-state index contributed by atoms with van der Waals surface area (Å²) in [6.45, 7) is 2.48. The lowest BCUT2D eigenvalue weighted by atomic mass is 10.0. The van der Waals surface area contributed by atoms with Crippen molar-refractivity contribution >= 4 is 11.5 Å². The van der Waals surface area contributed by atoms with Gasteiger partial charge < -0.3 is 9.80 Å². The van der Waals surface area contributed by atoms with Gasteiger partial charge in [0, 0.05) is 74.6 Å². The third kappa shape index (κ3) is 3.33. The number of halogens is 1. The number of hydrogen-bond acceptors (Lipinski definition) is 8. The van der Waals surface area contributed by atoms with E-state index in [1.807, 2.05) is 15.9 Å². The molecule has 0 radical (unpaired) electrons. The third-order valence-corrected chi connectivity index (χ3v) is 5.22. The molecule has 2 aliphatic heterocycles. The summed E-state index contributed by atoms with van der Waals surface area (Å²) in [4.78, 5) is 25.5. The van der Waals surface area contributed by atoms with Crippen LogP contribution in [0.1, 0.15) is 11.3 Å². The zero-order valence-corrected chi connectivity index (χ0v) is 15.5. The highest BCUT2D eigenvalue weighted by Crippen LogP contribution is 2.30. The maximum atomic E-state index is 14.2. The first-order valence-corrected chi connectivity index (χ1v) is 9.39. The fourth-order valence-corrected chi connectivity index (χ4v) is 3.62. The molecule has 0 bridgehead atoms. The molecule has 8 nitrogen and oxygen atoms in total. The summed E-state index contributed by atoms with van der Waals surface area (Å²) in [7, 11) is 0. The second-order valence-electron chi connectivity index (χ2n) is 7.15. The molecule has 1 saturated heterocycles. The summed E-state index contributed by atoms with van der Waals surface area (Å²) in [5, 5.41) is 8.96. The zero-order valence-electron chi connectivity index (χ0n) is 15.5. The predicted octanol–water partition coefficient (Wildman–Crippen LogP) is 1.99. The van der Waals surface area contributed by atoms with E-state index in [4.69, 9.17) is 5.26 Å². The standard InChI is InChI=1S/C20H17FN8/c21-17-6-15(29-10-13(8-22)11-29)7-18(27-17)28-5-2-16-14(12-28)9-25-20(26-16)19-23-3-1-4-24-19/h1,3-4,6-7,9,13H,2,5,10-12H2. The molecule has 9 heteroatoms. The Labute approximate surface area is 166 Å². The SMILES string of the molecule is N#CC1CN(c2cc(F)nc(N3CCc4nc(-c5ncccn5)ncc4C3)c2)C1. The van der Waals surface area contributed by atoms with Crippen molar-refractivity contribution in [2.75, 3.05) is 29.4 Å². The molecule has 0 aromatic carbocycles. The van der Waals surface area contributed by atoms with E-state index in [9.17, 15) is 4.39 Å². The highest BCUT2D eigenvalue weighted by Gasteiger charge is 2.28. The van der Waals surface area contributed by atoms with Crippen LogP contribution in [-0.4, -0.2) is 44.6 Å². The molecule has 0 atom stereocenters. The first-order valence-electron chi connectivity index (χ1n) is 9.39. The zero-order chi connectivity index (χ0) is 19.8. The molecule has 2 aliphatic rings. The summed E-state index contributed by atoms with van der Waals surface area (Å²) in [5.74, 6) is 1.09. The van der Waals surface area contributed by atoms with Gasteiger partial charge in [0.25, 0.3) is 0 Å². The second-order valence-corrected chi connectivity index (χ2v) is 7.15. The Morgan fingerprint density at radius 3 is 2.66 bits per heavy atom. The van der Waals surface area contributed by atoms with Crippen LogP contribution in [0.2, 0.25) is 0 Å². The molecular weight excluding hydrogens is 371 g/mol. The van der Waals surface area contributed by atoms with Crippen molar-refractivity contribution in [2.24, 2.45) is 5.92 Å². The van der Waals surface area contributed by atoms with Crippen LogP contribution in [0, 0.1) is 23.2 Å². The van der Waals surface area contributed by atoms with E-state index in [1.54, 1.807) is 24.7 Å². The highest BCUT2D eigenvalue weighted by atomic mass is 19.1. The van der Waals surface area contributed by atoms with Gasteiger partial charge in [-0.3, -0.25) is 0 Å². The number of aromatic nitrogens is 5. The molecule has 144 valence electrons. The predicted molar refractivity (Wildman–Crippen MR) is 103 cm³/mol. The number of fused-ring (bicyclic) bond motifs is 1. The molecule has 5 heterocycles. The van der Waals surface area contributed by atoms with Crippen LogP contribution in [0.3, 0.4) is 0 Å². The van der Waals surface area contributed by atoms with Gasteiger partial charge in [-0.25, -0.2) is 24.9 Å². The van der Waals surface area contributed by atoms with Gasteiger partial charge in [-0.2, -0.15) is 9.65 Å². The van der Waals surface area contributed by atoms with Crippen LogP contribution in [0.4, 0.5) is 15.9 Å². The largest absolute Gasteiger partial charge is 0.369 e. The van der Waals surface area contributed by atoms with Crippen molar-refractivity contribution in [3.05, 3.63) is 54.0 Å². The maximum absolute atomic E-state index is 14.2. The summed E-state index contributed by atoms with van der Waals surface area (Å²) in [6.07, 6.45) is 5.81. The lowest BCUT2D eigenvalue weighted by molar-refractivity contribution is 0.500. The van der Waals surface area contributed by atoms with Crippen LogP contribution >= 0.6 is 0 Å². The fourth-order valence-electron chi connectivity index (χ4n) is 3.62. The van der Waals surface area contributed by atoms with E-state index in [0.717, 1.165) is 16.9 Å². The minimum absolute atomic E-state index is 0.0106. The van der Waals surface area contributed by atoms with Crippen molar-refractivity contribution < 1.29 is 4.39 Å². The van der Waals surface area contributed by atoms with Crippen molar-refractivity contribution in [1.82, 2.24) is 24.9 Å². The quantitative estimate of drug-likeness (QED) is 0.629. The van der Waals surface area contributed by atoms with E-state index in [1.165, 1.54) is 6.07 Å². The lowest BCUT2D eigenvalue weighted by Crippen LogP contribution is -2.46. The second kappa shape index (κ2) is 7.05. The topological polar surface area (TPSA) is 94.7 Å². The van der Waals surface area contributed by atoms with Crippen molar-refractivity contribution in [1.29, 1.82) is 5.26 Å². The average molecular weight is 388 g/mol. The molecule has 1 fully saturated rings. The Balaban J connectivity index is 1.37. The van der Waals surface area contributed by atoms with Gasteiger partial charge in [0.2, 0.25) is 5.95 Å². The lowest BCUT2D eigenvalue weighted by Gasteiger charge is -2.38. The summed E-state index contributed by atoms with van der Waals surface area (Å²) >= 11 is 0. The van der Waals surface area contributed by atoms with Crippen molar-refractivity contribution in [3.63, 3.8) is 0 Å². The first kappa shape index (κ1) is 17.4. The van der Waals surface area contributed by atoms with Gasteiger partial charge in [-0.1, -0.05) is 0 Å². The number of hydrogen-bond donors (Lipinski definition) is 0. The van der Waals surface area contributed by atoms with E-state index in [0.29, 0.717) is 50.1 Å². The number of nitrogens with zero attached hydrogens (tertiary/aromatic N) is 8. The van der Waals surface area contributed by atoms with Crippen LogP contribution < -0.4 is 9.80 Å². The molecule has 0 saturated carbocycles. The van der Waals surface area contributed by atoms with Gasteiger partial charge in [-0.15, -0.1) is 0 Å². The molecule has 0 unspecified atom stereocenters. The smallest absolute Gasteiger partial charge is 0.216 e. The Morgan fingerprint density at radius 1 is 1.03 bits per heavy atom. The Bertz CT molecular complexity index is 1090. The van der Waals surface area contributed by atoms with E-state index in [2.05, 4.69) is 31.0 Å². The third-order valence-electron chi connectivity index (χ3n) is 5.22. The normalized spacial score (nSPS) is 16.1. The molecule has 0 spiro atoms. The minimum Gasteiger partial charge on any atom is -0.369 e. The molecule has 0 amide bonds. The Morgan fingerprint density at radius 2 is 1.86 bits per heavy atom. The summed E-state index contributed by atoms with van der Waals surface area (Å²) in [5.41, 5.74) is 2.70. The van der Waals surface area contributed by atoms with Gasteiger partial charge in [0.15, 0.2) is 11.6 Å². The molecule has 0 aliphatic carbocycles. The fraction of sp³-hybridized carbons (Fsp3) is 0.300. The molecular formula is C20H17FN8. The number of pyridine rings is 1. The van der Waals surface area contributed by atoms with E-state index < -0.39 is 5.95 Å². The van der Waals surface area contributed by atoms with Crippen LogP contribution in [0.5, 0.6) is 0 Å². The van der Waals surface area contributed by atoms with Crippen molar-refractivity contribution in [2.45, 2.75) is 13.0 Å². The summed E-state index contributed by atoms with van der Waals surface area (Å²) < 4.78 is 14.2. The van der Waals surface area contributed by atoms with E-state index in [-0.39, 0.29) is 5.92 Å². The summed E-state index contributed by atoms with van der Waals surface area (Å²) in [6, 6.07) is 7.29. The van der Waals surface area contributed by atoms with Crippen molar-refractivity contribution in [3.8, 4) is 17.7 Å². The molecule has 3 aromatic rings. The Hall–Kier alpha value is -3.67. The van der Waals surface area contributed by atoms with Gasteiger partial charge in [-0.05, 0) is 6.07 Å². The van der Waals surface area contributed by atoms with E-state index >= 15 is 0 Å². The highest BCUT2D eigenvalue weighted by molar-refractivity contribution is 5.58. The minimum atomic E-state index is -0.517. The maximum Gasteiger partial charge on any atom is 0.216 e. The van der Waals surface area contributed by atoms with Crippen LogP contribution in [-0.2, 0) is 13.0 Å². The van der Waals surface area contributed by atoms with Crippen LogP contribution in [0.15, 0.2) is 36.8 Å². The Kier molecular flexibility index (Phi) is 4.24. The molecule has 5 rings (SSSR count). The van der Waals surface area contributed by atoms with Gasteiger partial charge >= 0.3 is 0 Å². The number of nitriles is 1. The first-order chi connectivity index (χ1) is 14.2. The van der Waals surface area contributed by atoms with Gasteiger partial charge in [0.1, 0.15) is 5.82 Å². The number of rotatable bonds is 3. The average Bonchev–Trinajstić information content (AvgIpc) is 2.72. The molecule has 0 N–H and O–H groups in total. The monoisotopic (exact) mass is 388 g/mol. The number of anilines is 2. The van der Waals surface area contributed by atoms with Gasteiger partial charge in [0.05, 0.1) is 17.7 Å². The molecule has 3 aromatic heterocycles. The molecule has 29 heavy (non-hydrogen) atoms.